The van der Waals surface area contributed by atoms with Gasteiger partial charge in [0, 0.05) is 32.6 Å². The number of nitrogens with zero attached hydrogens (tertiary/aromatic N) is 4. The van der Waals surface area contributed by atoms with Gasteiger partial charge in [-0.15, -0.1) is 0 Å². The van der Waals surface area contributed by atoms with E-state index >= 15 is 0 Å². The minimum atomic E-state index is -0.00637. The van der Waals surface area contributed by atoms with Gasteiger partial charge in [-0.2, -0.15) is 4.98 Å². The summed E-state index contributed by atoms with van der Waals surface area (Å²) in [6.45, 7) is 7.21. The standard InChI is InChI=1S/C19H25ClN4O2/c1-3-7-17-21-18(26-22-17)14(2)23-10-6-11-24(13-12-23)19(25)15-8-4-5-9-16(15)20/h4-5,8-9,14H,3,6-7,10-13H2,1-2H3. The molecule has 1 unspecified atom stereocenters. The fraction of sp³-hybridized carbons (Fsp3) is 0.526. The Balaban J connectivity index is 1.64. The predicted molar refractivity (Wildman–Crippen MR) is 100 cm³/mol. The molecule has 1 aromatic carbocycles. The average Bonchev–Trinajstić information content (AvgIpc) is 2.97. The minimum absolute atomic E-state index is 0.00637. The summed E-state index contributed by atoms with van der Waals surface area (Å²) < 4.78 is 5.43. The highest BCUT2D eigenvalue weighted by Crippen LogP contribution is 2.22. The number of hydrogen-bond acceptors (Lipinski definition) is 5. The van der Waals surface area contributed by atoms with Gasteiger partial charge in [-0.1, -0.05) is 35.8 Å². The van der Waals surface area contributed by atoms with Gasteiger partial charge < -0.3 is 9.42 Å². The van der Waals surface area contributed by atoms with Crippen LogP contribution in [0.4, 0.5) is 0 Å². The number of benzene rings is 1. The van der Waals surface area contributed by atoms with Gasteiger partial charge in [0.1, 0.15) is 0 Å². The zero-order chi connectivity index (χ0) is 18.5. The fourth-order valence-corrected chi connectivity index (χ4v) is 3.47. The van der Waals surface area contributed by atoms with Gasteiger partial charge in [-0.05, 0) is 31.9 Å². The maximum absolute atomic E-state index is 12.8. The highest BCUT2D eigenvalue weighted by atomic mass is 35.5. The van der Waals surface area contributed by atoms with Crippen molar-refractivity contribution in [2.75, 3.05) is 26.2 Å². The van der Waals surface area contributed by atoms with Gasteiger partial charge >= 0.3 is 0 Å². The van der Waals surface area contributed by atoms with E-state index in [1.165, 1.54) is 0 Å². The van der Waals surface area contributed by atoms with Crippen LogP contribution in [0.15, 0.2) is 28.8 Å². The molecular formula is C19H25ClN4O2. The molecule has 2 aromatic rings. The summed E-state index contributed by atoms with van der Waals surface area (Å²) in [4.78, 5) is 21.5. The number of halogens is 1. The molecule has 0 radical (unpaired) electrons. The lowest BCUT2D eigenvalue weighted by molar-refractivity contribution is 0.0757. The number of aryl methyl sites for hydroxylation is 1. The number of carbonyl (C=O) groups is 1. The summed E-state index contributed by atoms with van der Waals surface area (Å²) in [7, 11) is 0. The lowest BCUT2D eigenvalue weighted by Crippen LogP contribution is -2.36. The lowest BCUT2D eigenvalue weighted by atomic mass is 10.2. The van der Waals surface area contributed by atoms with E-state index in [1.807, 2.05) is 17.0 Å². The molecule has 1 saturated heterocycles. The van der Waals surface area contributed by atoms with E-state index in [-0.39, 0.29) is 11.9 Å². The fourth-order valence-electron chi connectivity index (χ4n) is 3.25. The molecule has 1 atom stereocenters. The van der Waals surface area contributed by atoms with Crippen molar-refractivity contribution in [2.24, 2.45) is 0 Å². The van der Waals surface area contributed by atoms with Crippen molar-refractivity contribution in [3.63, 3.8) is 0 Å². The van der Waals surface area contributed by atoms with Crippen LogP contribution in [0.25, 0.3) is 0 Å². The van der Waals surface area contributed by atoms with E-state index in [1.54, 1.807) is 12.1 Å². The summed E-state index contributed by atoms with van der Waals surface area (Å²) in [5.41, 5.74) is 0.566. The SMILES string of the molecule is CCCc1noc(C(C)N2CCCN(C(=O)c3ccccc3Cl)CC2)n1. The Morgan fingerprint density at radius 1 is 1.27 bits per heavy atom. The molecule has 1 aliphatic heterocycles. The van der Waals surface area contributed by atoms with E-state index in [4.69, 9.17) is 16.1 Å². The van der Waals surface area contributed by atoms with Crippen LogP contribution in [0.2, 0.25) is 5.02 Å². The van der Waals surface area contributed by atoms with Crippen LogP contribution in [-0.4, -0.2) is 52.0 Å². The topological polar surface area (TPSA) is 62.5 Å². The van der Waals surface area contributed by atoms with Crippen molar-refractivity contribution in [2.45, 2.75) is 39.2 Å². The normalized spacial score (nSPS) is 17.1. The van der Waals surface area contributed by atoms with E-state index in [0.29, 0.717) is 23.0 Å². The number of carbonyl (C=O) groups excluding carboxylic acids is 1. The average molecular weight is 377 g/mol. The van der Waals surface area contributed by atoms with Gasteiger partial charge in [-0.3, -0.25) is 9.69 Å². The number of amides is 1. The van der Waals surface area contributed by atoms with Crippen LogP contribution < -0.4 is 0 Å². The van der Waals surface area contributed by atoms with Crippen molar-refractivity contribution in [3.8, 4) is 0 Å². The molecule has 7 heteroatoms. The zero-order valence-electron chi connectivity index (χ0n) is 15.3. The molecule has 1 fully saturated rings. The molecule has 0 spiro atoms. The molecule has 0 bridgehead atoms. The Morgan fingerprint density at radius 2 is 2.08 bits per heavy atom. The van der Waals surface area contributed by atoms with Crippen molar-refractivity contribution < 1.29 is 9.32 Å². The Hall–Kier alpha value is -1.92. The molecule has 1 aliphatic rings. The molecule has 140 valence electrons. The van der Waals surface area contributed by atoms with Crippen molar-refractivity contribution in [1.29, 1.82) is 0 Å². The van der Waals surface area contributed by atoms with Crippen molar-refractivity contribution in [3.05, 3.63) is 46.6 Å². The summed E-state index contributed by atoms with van der Waals surface area (Å²) >= 11 is 6.18. The zero-order valence-corrected chi connectivity index (χ0v) is 16.1. The highest BCUT2D eigenvalue weighted by molar-refractivity contribution is 6.33. The Bertz CT molecular complexity index is 749. The number of rotatable bonds is 5. The van der Waals surface area contributed by atoms with E-state index in [0.717, 1.165) is 44.7 Å². The van der Waals surface area contributed by atoms with E-state index in [2.05, 4.69) is 28.9 Å². The van der Waals surface area contributed by atoms with Crippen LogP contribution in [0.3, 0.4) is 0 Å². The quantitative estimate of drug-likeness (QED) is 0.798. The molecule has 1 amide bonds. The second-order valence-corrected chi connectivity index (χ2v) is 7.04. The lowest BCUT2D eigenvalue weighted by Gasteiger charge is -2.25. The third-order valence-corrected chi connectivity index (χ3v) is 5.11. The van der Waals surface area contributed by atoms with E-state index in [9.17, 15) is 4.79 Å². The molecule has 0 aliphatic carbocycles. The monoisotopic (exact) mass is 376 g/mol. The van der Waals surface area contributed by atoms with Crippen LogP contribution in [-0.2, 0) is 6.42 Å². The molecule has 6 nitrogen and oxygen atoms in total. The van der Waals surface area contributed by atoms with E-state index < -0.39 is 0 Å². The van der Waals surface area contributed by atoms with Crippen molar-refractivity contribution >= 4 is 17.5 Å². The smallest absolute Gasteiger partial charge is 0.255 e. The third kappa shape index (κ3) is 4.24. The first-order valence-electron chi connectivity index (χ1n) is 9.20. The van der Waals surface area contributed by atoms with Gasteiger partial charge in [0.05, 0.1) is 16.6 Å². The van der Waals surface area contributed by atoms with Gasteiger partial charge in [0.25, 0.3) is 5.91 Å². The second kappa shape index (κ2) is 8.64. The number of aromatic nitrogens is 2. The van der Waals surface area contributed by atoms with Gasteiger partial charge in [0.15, 0.2) is 5.82 Å². The molecule has 26 heavy (non-hydrogen) atoms. The van der Waals surface area contributed by atoms with Gasteiger partial charge in [0.2, 0.25) is 5.89 Å². The maximum atomic E-state index is 12.8. The molecule has 2 heterocycles. The first-order valence-corrected chi connectivity index (χ1v) is 9.58. The molecule has 0 N–H and O–H groups in total. The second-order valence-electron chi connectivity index (χ2n) is 6.64. The molecule has 0 saturated carbocycles. The first-order chi connectivity index (χ1) is 12.6. The maximum Gasteiger partial charge on any atom is 0.255 e. The third-order valence-electron chi connectivity index (χ3n) is 4.78. The Morgan fingerprint density at radius 3 is 2.85 bits per heavy atom. The number of hydrogen-bond donors (Lipinski definition) is 0. The Labute approximate surface area is 159 Å². The van der Waals surface area contributed by atoms with Crippen LogP contribution in [0.5, 0.6) is 0 Å². The molecular weight excluding hydrogens is 352 g/mol. The summed E-state index contributed by atoms with van der Waals surface area (Å²) in [5.74, 6) is 1.41. The predicted octanol–water partition coefficient (Wildman–Crippen LogP) is 3.58. The summed E-state index contributed by atoms with van der Waals surface area (Å²) in [6.07, 6.45) is 2.73. The largest absolute Gasteiger partial charge is 0.338 e. The molecule has 1 aromatic heterocycles. The minimum Gasteiger partial charge on any atom is -0.338 e. The summed E-state index contributed by atoms with van der Waals surface area (Å²) in [5, 5.41) is 4.55. The first kappa shape index (κ1) is 18.9. The Kier molecular flexibility index (Phi) is 6.27. The highest BCUT2D eigenvalue weighted by Gasteiger charge is 2.26. The van der Waals surface area contributed by atoms with Crippen LogP contribution in [0.1, 0.15) is 54.8 Å². The van der Waals surface area contributed by atoms with Crippen molar-refractivity contribution in [1.82, 2.24) is 19.9 Å². The van der Waals surface area contributed by atoms with Crippen LogP contribution in [0, 0.1) is 0 Å². The van der Waals surface area contributed by atoms with Gasteiger partial charge in [-0.25, -0.2) is 0 Å². The molecule has 3 rings (SSSR count). The summed E-state index contributed by atoms with van der Waals surface area (Å²) in [6, 6.07) is 7.26. The van der Waals surface area contributed by atoms with Crippen LogP contribution >= 0.6 is 11.6 Å².